The van der Waals surface area contributed by atoms with Crippen LogP contribution in [-0.4, -0.2) is 18.4 Å². The Bertz CT molecular complexity index is 871. The predicted octanol–water partition coefficient (Wildman–Crippen LogP) is 3.24. The molecule has 0 saturated heterocycles. The molecule has 2 heterocycles. The highest BCUT2D eigenvalue weighted by Crippen LogP contribution is 2.28. The fraction of sp³-hybridized carbons (Fsp3) is 0.111. The number of rotatable bonds is 6. The van der Waals surface area contributed by atoms with Crippen LogP contribution >= 0.6 is 11.6 Å². The lowest BCUT2D eigenvalue weighted by molar-refractivity contribution is -0.120. The Labute approximate surface area is 148 Å². The van der Waals surface area contributed by atoms with Gasteiger partial charge >= 0.3 is 0 Å². The second kappa shape index (κ2) is 7.72. The Morgan fingerprint density at radius 2 is 1.84 bits per heavy atom. The zero-order valence-corrected chi connectivity index (χ0v) is 13.9. The maximum absolute atomic E-state index is 12.1. The summed E-state index contributed by atoms with van der Waals surface area (Å²) in [5.41, 5.74) is 0.694. The Hall–Kier alpha value is -2.99. The average molecular weight is 359 g/mol. The number of amides is 2. The van der Waals surface area contributed by atoms with E-state index in [4.69, 9.17) is 20.4 Å². The number of carbonyl (C=O) groups is 2. The van der Waals surface area contributed by atoms with Gasteiger partial charge in [0.05, 0.1) is 24.4 Å². The van der Waals surface area contributed by atoms with E-state index < -0.39 is 5.91 Å². The van der Waals surface area contributed by atoms with Gasteiger partial charge in [0.15, 0.2) is 5.76 Å². The average Bonchev–Trinajstić information content (AvgIpc) is 3.30. The van der Waals surface area contributed by atoms with Crippen molar-refractivity contribution in [3.8, 4) is 11.3 Å². The smallest absolute Gasteiger partial charge is 0.287 e. The van der Waals surface area contributed by atoms with E-state index in [2.05, 4.69) is 10.6 Å². The summed E-state index contributed by atoms with van der Waals surface area (Å²) in [6, 6.07) is 13.8. The number of furan rings is 2. The first-order valence-corrected chi connectivity index (χ1v) is 7.93. The van der Waals surface area contributed by atoms with Crippen LogP contribution in [0.4, 0.5) is 0 Å². The van der Waals surface area contributed by atoms with Crippen molar-refractivity contribution in [2.45, 2.75) is 6.54 Å². The summed E-state index contributed by atoms with van der Waals surface area (Å²) < 4.78 is 10.6. The van der Waals surface area contributed by atoms with Gasteiger partial charge in [0.25, 0.3) is 5.91 Å². The van der Waals surface area contributed by atoms with Crippen molar-refractivity contribution in [3.63, 3.8) is 0 Å². The second-order valence-electron chi connectivity index (χ2n) is 5.18. The summed E-state index contributed by atoms with van der Waals surface area (Å²) >= 11 is 6.11. The van der Waals surface area contributed by atoms with E-state index in [1.807, 2.05) is 12.1 Å². The summed E-state index contributed by atoms with van der Waals surface area (Å²) in [7, 11) is 0. The number of halogens is 1. The minimum Gasteiger partial charge on any atom is -0.467 e. The summed E-state index contributed by atoms with van der Waals surface area (Å²) in [6.07, 6.45) is 1.52. The van der Waals surface area contributed by atoms with E-state index in [-0.39, 0.29) is 24.8 Å². The van der Waals surface area contributed by atoms with Crippen molar-refractivity contribution in [3.05, 3.63) is 71.3 Å². The van der Waals surface area contributed by atoms with Gasteiger partial charge in [-0.25, -0.2) is 0 Å². The molecule has 3 rings (SSSR count). The van der Waals surface area contributed by atoms with E-state index in [1.54, 1.807) is 30.3 Å². The minimum absolute atomic E-state index is 0.105. The molecule has 0 aliphatic heterocycles. The fourth-order valence-corrected chi connectivity index (χ4v) is 2.40. The van der Waals surface area contributed by atoms with Crippen molar-refractivity contribution in [1.82, 2.24) is 10.6 Å². The number of hydrogen-bond donors (Lipinski definition) is 2. The van der Waals surface area contributed by atoms with Crippen LogP contribution in [0.25, 0.3) is 11.3 Å². The lowest BCUT2D eigenvalue weighted by Crippen LogP contribution is -2.36. The molecule has 0 aliphatic carbocycles. The number of nitrogens with one attached hydrogen (secondary N) is 2. The minimum atomic E-state index is -0.480. The van der Waals surface area contributed by atoms with Crippen molar-refractivity contribution < 1.29 is 18.4 Å². The zero-order chi connectivity index (χ0) is 17.6. The van der Waals surface area contributed by atoms with E-state index in [0.29, 0.717) is 22.1 Å². The molecule has 2 N–H and O–H groups in total. The first-order chi connectivity index (χ1) is 12.1. The fourth-order valence-electron chi connectivity index (χ4n) is 2.17. The van der Waals surface area contributed by atoms with Crippen molar-refractivity contribution in [2.75, 3.05) is 6.54 Å². The van der Waals surface area contributed by atoms with Crippen molar-refractivity contribution >= 4 is 23.4 Å². The van der Waals surface area contributed by atoms with Crippen LogP contribution < -0.4 is 10.6 Å². The molecule has 3 aromatic rings. The maximum Gasteiger partial charge on any atom is 0.287 e. The van der Waals surface area contributed by atoms with E-state index >= 15 is 0 Å². The van der Waals surface area contributed by atoms with Crippen molar-refractivity contribution in [1.29, 1.82) is 0 Å². The molecular formula is C18H15ClN2O4. The van der Waals surface area contributed by atoms with Crippen LogP contribution in [0, 0.1) is 0 Å². The summed E-state index contributed by atoms with van der Waals surface area (Å²) in [5.74, 6) is 0.413. The second-order valence-corrected chi connectivity index (χ2v) is 5.59. The van der Waals surface area contributed by atoms with E-state index in [0.717, 1.165) is 0 Å². The predicted molar refractivity (Wildman–Crippen MR) is 92.0 cm³/mol. The van der Waals surface area contributed by atoms with Gasteiger partial charge in [0.1, 0.15) is 11.5 Å². The van der Waals surface area contributed by atoms with Gasteiger partial charge in [-0.1, -0.05) is 23.7 Å². The summed E-state index contributed by atoms with van der Waals surface area (Å²) in [4.78, 5) is 23.8. The molecule has 0 bridgehead atoms. The number of hydrogen-bond acceptors (Lipinski definition) is 4. The van der Waals surface area contributed by atoms with Crippen LogP contribution in [-0.2, 0) is 11.3 Å². The molecule has 1 aromatic carbocycles. The van der Waals surface area contributed by atoms with Crippen LogP contribution in [0.2, 0.25) is 5.02 Å². The molecule has 7 heteroatoms. The van der Waals surface area contributed by atoms with Gasteiger partial charge in [-0.05, 0) is 36.4 Å². The summed E-state index contributed by atoms with van der Waals surface area (Å²) in [5, 5.41) is 5.66. The Morgan fingerprint density at radius 1 is 1.00 bits per heavy atom. The largest absolute Gasteiger partial charge is 0.467 e. The third-order valence-corrected chi connectivity index (χ3v) is 3.75. The molecular weight excluding hydrogens is 344 g/mol. The molecule has 0 radical (unpaired) electrons. The zero-order valence-electron chi connectivity index (χ0n) is 13.1. The van der Waals surface area contributed by atoms with Gasteiger partial charge in [0.2, 0.25) is 5.91 Å². The van der Waals surface area contributed by atoms with E-state index in [9.17, 15) is 9.59 Å². The van der Waals surface area contributed by atoms with Crippen molar-refractivity contribution in [2.24, 2.45) is 0 Å². The SMILES string of the molecule is O=C(CNC(=O)c1ccc(-c2ccccc2Cl)o1)NCc1ccco1. The number of benzene rings is 1. The van der Waals surface area contributed by atoms with E-state index in [1.165, 1.54) is 12.3 Å². The highest BCUT2D eigenvalue weighted by molar-refractivity contribution is 6.33. The normalized spacial score (nSPS) is 10.4. The molecule has 0 atom stereocenters. The molecule has 128 valence electrons. The third-order valence-electron chi connectivity index (χ3n) is 3.42. The molecule has 0 unspecified atom stereocenters. The topological polar surface area (TPSA) is 84.5 Å². The number of carbonyl (C=O) groups excluding carboxylic acids is 2. The van der Waals surface area contributed by atoms with Crippen LogP contribution in [0.5, 0.6) is 0 Å². The summed E-state index contributed by atoms with van der Waals surface area (Å²) in [6.45, 7) is 0.0980. The van der Waals surface area contributed by atoms with Crippen LogP contribution in [0.3, 0.4) is 0 Å². The molecule has 2 amide bonds. The molecule has 0 saturated carbocycles. The lowest BCUT2D eigenvalue weighted by atomic mass is 10.2. The Kier molecular flexibility index (Phi) is 5.20. The monoisotopic (exact) mass is 358 g/mol. The van der Waals surface area contributed by atoms with Crippen LogP contribution in [0.15, 0.2) is 63.6 Å². The van der Waals surface area contributed by atoms with Gasteiger partial charge in [-0.15, -0.1) is 0 Å². The van der Waals surface area contributed by atoms with Gasteiger partial charge in [0, 0.05) is 5.56 Å². The van der Waals surface area contributed by atoms with Gasteiger partial charge < -0.3 is 19.5 Å². The maximum atomic E-state index is 12.1. The van der Waals surface area contributed by atoms with Gasteiger partial charge in [-0.2, -0.15) is 0 Å². The Balaban J connectivity index is 1.53. The Morgan fingerprint density at radius 3 is 2.60 bits per heavy atom. The highest BCUT2D eigenvalue weighted by atomic mass is 35.5. The molecule has 0 aliphatic rings. The molecule has 25 heavy (non-hydrogen) atoms. The molecule has 0 spiro atoms. The molecule has 0 fully saturated rings. The third kappa shape index (κ3) is 4.30. The lowest BCUT2D eigenvalue weighted by Gasteiger charge is -2.04. The highest BCUT2D eigenvalue weighted by Gasteiger charge is 2.14. The van der Waals surface area contributed by atoms with Crippen LogP contribution in [0.1, 0.15) is 16.3 Å². The van der Waals surface area contributed by atoms with Gasteiger partial charge in [-0.3, -0.25) is 9.59 Å². The molecule has 6 nitrogen and oxygen atoms in total. The first kappa shape index (κ1) is 16.9. The standard InChI is InChI=1S/C18H15ClN2O4/c19-14-6-2-1-5-13(14)15-7-8-16(25-15)18(23)21-11-17(22)20-10-12-4-3-9-24-12/h1-9H,10-11H2,(H,20,22)(H,21,23). The quantitative estimate of drug-likeness (QED) is 0.708. The molecule has 2 aromatic heterocycles. The first-order valence-electron chi connectivity index (χ1n) is 7.55.